The van der Waals surface area contributed by atoms with Crippen molar-refractivity contribution in [2.45, 2.75) is 51.6 Å². The Morgan fingerprint density at radius 3 is 2.11 bits per heavy atom. The van der Waals surface area contributed by atoms with Crippen LogP contribution in [-0.2, 0) is 25.4 Å². The quantitative estimate of drug-likeness (QED) is 0.173. The van der Waals surface area contributed by atoms with Gasteiger partial charge in [-0.15, -0.1) is 0 Å². The van der Waals surface area contributed by atoms with E-state index >= 15 is 4.39 Å². The van der Waals surface area contributed by atoms with E-state index in [9.17, 15) is 17.6 Å². The molecule has 0 radical (unpaired) electrons. The maximum atomic E-state index is 15.2. The number of hydrogen-bond donors (Lipinski definition) is 0. The monoisotopic (exact) mass is 482 g/mol. The first-order chi connectivity index (χ1) is 16.8. The first kappa shape index (κ1) is 24.9. The van der Waals surface area contributed by atoms with E-state index in [-0.39, 0.29) is 11.6 Å². The third kappa shape index (κ3) is 5.90. The van der Waals surface area contributed by atoms with Crippen molar-refractivity contribution in [3.8, 4) is 11.1 Å². The lowest BCUT2D eigenvalue weighted by molar-refractivity contribution is -0.137. The fraction of sp³-hybridized carbons (Fsp3) is 0.267. The predicted molar refractivity (Wildman–Crippen MR) is 131 cm³/mol. The molecule has 35 heavy (non-hydrogen) atoms. The number of alkyl halides is 3. The molecule has 0 amide bonds. The summed E-state index contributed by atoms with van der Waals surface area (Å²) >= 11 is 0. The number of rotatable bonds is 8. The van der Waals surface area contributed by atoms with Crippen LogP contribution in [0.5, 0.6) is 0 Å². The molecule has 0 saturated carbocycles. The topological polar surface area (TPSA) is 0 Å². The van der Waals surface area contributed by atoms with Gasteiger partial charge in [-0.3, -0.25) is 0 Å². The second kappa shape index (κ2) is 10.6. The van der Waals surface area contributed by atoms with Crippen LogP contribution in [0.2, 0.25) is 0 Å². The second-order valence-electron chi connectivity index (χ2n) is 8.94. The molecular weight excluding hydrogens is 455 g/mol. The van der Waals surface area contributed by atoms with Crippen molar-refractivity contribution in [3.05, 3.63) is 107 Å². The van der Waals surface area contributed by atoms with E-state index in [1.165, 1.54) is 12.1 Å². The van der Waals surface area contributed by atoms with E-state index in [1.54, 1.807) is 42.5 Å². The minimum Gasteiger partial charge on any atom is -0.206 e. The molecule has 182 valence electrons. The highest BCUT2D eigenvalue weighted by atomic mass is 19.4. The Hall–Kier alpha value is -3.21. The third-order valence-electron chi connectivity index (χ3n) is 6.41. The van der Waals surface area contributed by atoms with E-state index in [2.05, 4.69) is 6.92 Å². The molecule has 4 rings (SSSR count). The average Bonchev–Trinajstić information content (AvgIpc) is 2.83. The molecule has 5 heteroatoms. The van der Waals surface area contributed by atoms with Crippen LogP contribution in [0.25, 0.3) is 21.9 Å². The van der Waals surface area contributed by atoms with Gasteiger partial charge in [0.05, 0.1) is 5.56 Å². The number of fused-ring (bicyclic) bond motifs is 1. The minimum absolute atomic E-state index is 0.285. The molecule has 0 aliphatic heterocycles. The Morgan fingerprint density at radius 1 is 0.686 bits per heavy atom. The first-order valence-electron chi connectivity index (χ1n) is 11.9. The van der Waals surface area contributed by atoms with Gasteiger partial charge in [-0.2, -0.15) is 13.2 Å². The number of aryl methyl sites for hydroxylation is 3. The highest BCUT2D eigenvalue weighted by molar-refractivity contribution is 5.88. The summed E-state index contributed by atoms with van der Waals surface area (Å²) in [5, 5.41) is 1.11. The van der Waals surface area contributed by atoms with Crippen molar-refractivity contribution < 1.29 is 22.0 Å². The normalized spacial score (nSPS) is 11.8. The molecule has 4 aromatic carbocycles. The zero-order chi connectivity index (χ0) is 25.0. The third-order valence-corrected chi connectivity index (χ3v) is 6.41. The van der Waals surface area contributed by atoms with Crippen molar-refractivity contribution >= 4 is 10.8 Å². The molecule has 0 N–H and O–H groups in total. The van der Waals surface area contributed by atoms with Gasteiger partial charge >= 0.3 is 6.18 Å². The predicted octanol–water partition coefficient (Wildman–Crippen LogP) is 9.32. The lowest BCUT2D eigenvalue weighted by atomic mass is 9.96. The van der Waals surface area contributed by atoms with Crippen molar-refractivity contribution in [3.63, 3.8) is 0 Å². The lowest BCUT2D eigenvalue weighted by Crippen LogP contribution is -2.04. The Balaban J connectivity index is 1.51. The van der Waals surface area contributed by atoms with E-state index in [1.807, 2.05) is 6.07 Å². The summed E-state index contributed by atoms with van der Waals surface area (Å²) in [4.78, 5) is 0. The van der Waals surface area contributed by atoms with Crippen LogP contribution in [0.15, 0.2) is 72.8 Å². The van der Waals surface area contributed by atoms with E-state index in [0.717, 1.165) is 43.4 Å². The van der Waals surface area contributed by atoms with Crippen LogP contribution in [0.3, 0.4) is 0 Å². The van der Waals surface area contributed by atoms with Crippen LogP contribution in [0.1, 0.15) is 48.4 Å². The molecule has 0 unspecified atom stereocenters. The van der Waals surface area contributed by atoms with Gasteiger partial charge in [0.2, 0.25) is 0 Å². The lowest BCUT2D eigenvalue weighted by Gasteiger charge is -2.11. The van der Waals surface area contributed by atoms with Gasteiger partial charge in [0.15, 0.2) is 0 Å². The Bertz CT molecular complexity index is 1300. The van der Waals surface area contributed by atoms with Gasteiger partial charge in [0.25, 0.3) is 0 Å². The van der Waals surface area contributed by atoms with Crippen LogP contribution >= 0.6 is 0 Å². The molecule has 0 bridgehead atoms. The van der Waals surface area contributed by atoms with Gasteiger partial charge < -0.3 is 0 Å². The highest BCUT2D eigenvalue weighted by Crippen LogP contribution is 2.31. The van der Waals surface area contributed by atoms with Gasteiger partial charge in [0.1, 0.15) is 11.6 Å². The summed E-state index contributed by atoms with van der Waals surface area (Å²) < 4.78 is 68.2. The summed E-state index contributed by atoms with van der Waals surface area (Å²) in [6, 6.07) is 18.9. The molecule has 0 fully saturated rings. The Morgan fingerprint density at radius 2 is 1.43 bits per heavy atom. The molecule has 0 nitrogen and oxygen atoms in total. The largest absolute Gasteiger partial charge is 0.416 e. The van der Waals surface area contributed by atoms with Gasteiger partial charge in [-0.1, -0.05) is 68.3 Å². The van der Waals surface area contributed by atoms with Gasteiger partial charge in [-0.25, -0.2) is 8.78 Å². The van der Waals surface area contributed by atoms with Crippen LogP contribution in [0.4, 0.5) is 22.0 Å². The zero-order valence-corrected chi connectivity index (χ0v) is 19.6. The number of unbranched alkanes of at least 4 members (excludes halogenated alkanes) is 2. The fourth-order valence-corrected chi connectivity index (χ4v) is 4.36. The summed E-state index contributed by atoms with van der Waals surface area (Å²) in [5.41, 5.74) is 2.65. The minimum atomic E-state index is -4.37. The van der Waals surface area contributed by atoms with Crippen LogP contribution in [0, 0.1) is 11.6 Å². The highest BCUT2D eigenvalue weighted by Gasteiger charge is 2.29. The van der Waals surface area contributed by atoms with E-state index < -0.39 is 11.7 Å². The van der Waals surface area contributed by atoms with Crippen molar-refractivity contribution in [2.24, 2.45) is 0 Å². The van der Waals surface area contributed by atoms with E-state index in [0.29, 0.717) is 45.9 Å². The molecule has 0 spiro atoms. The van der Waals surface area contributed by atoms with Crippen LogP contribution in [-0.4, -0.2) is 0 Å². The average molecular weight is 483 g/mol. The molecule has 0 aliphatic rings. The van der Waals surface area contributed by atoms with Crippen molar-refractivity contribution in [1.29, 1.82) is 0 Å². The second-order valence-corrected chi connectivity index (χ2v) is 8.94. The van der Waals surface area contributed by atoms with Crippen molar-refractivity contribution in [1.82, 2.24) is 0 Å². The maximum absolute atomic E-state index is 15.2. The van der Waals surface area contributed by atoms with E-state index in [4.69, 9.17) is 0 Å². The Kier molecular flexibility index (Phi) is 7.54. The zero-order valence-electron chi connectivity index (χ0n) is 19.6. The van der Waals surface area contributed by atoms with Crippen LogP contribution < -0.4 is 0 Å². The molecule has 0 aromatic heterocycles. The number of halogens is 5. The number of benzene rings is 4. The Labute approximate surface area is 202 Å². The standard InChI is InChI=1S/C30H27F5/c1-2-3-4-5-21-9-16-26(28(31)18-21)23-13-17-27-24(19-23)12-11-22(29(27)32)10-6-20-7-14-25(15-8-20)30(33,34)35/h7-9,11-19H,2-6,10H2,1H3. The summed E-state index contributed by atoms with van der Waals surface area (Å²) in [6.45, 7) is 2.13. The molecular formula is C30H27F5. The summed E-state index contributed by atoms with van der Waals surface area (Å²) in [5.74, 6) is -0.639. The van der Waals surface area contributed by atoms with Gasteiger partial charge in [0, 0.05) is 10.9 Å². The SMILES string of the molecule is CCCCCc1ccc(-c2ccc3c(F)c(CCc4ccc(C(F)(F)F)cc4)ccc3c2)c(F)c1. The molecule has 0 atom stereocenters. The molecule has 0 heterocycles. The van der Waals surface area contributed by atoms with Gasteiger partial charge in [-0.05, 0) is 77.6 Å². The summed E-state index contributed by atoms with van der Waals surface area (Å²) in [6.07, 6.45) is 0.533. The molecule has 0 saturated heterocycles. The number of hydrogen-bond acceptors (Lipinski definition) is 0. The smallest absolute Gasteiger partial charge is 0.206 e. The van der Waals surface area contributed by atoms with Crippen molar-refractivity contribution in [2.75, 3.05) is 0 Å². The molecule has 0 aliphatic carbocycles. The fourth-order valence-electron chi connectivity index (χ4n) is 4.36. The first-order valence-corrected chi connectivity index (χ1v) is 11.9. The maximum Gasteiger partial charge on any atom is 0.416 e. The molecule has 4 aromatic rings. The summed E-state index contributed by atoms with van der Waals surface area (Å²) in [7, 11) is 0.